The fourth-order valence-corrected chi connectivity index (χ4v) is 0.656. The molecule has 0 aliphatic carbocycles. The lowest BCUT2D eigenvalue weighted by Crippen LogP contribution is -2.29. The zero-order valence-corrected chi connectivity index (χ0v) is 6.68. The van der Waals surface area contributed by atoms with Crippen molar-refractivity contribution in [2.45, 2.75) is 19.4 Å². The van der Waals surface area contributed by atoms with Crippen LogP contribution in [0.1, 0.15) is 13.3 Å². The van der Waals surface area contributed by atoms with Gasteiger partial charge >= 0.3 is 0 Å². The fourth-order valence-electron chi connectivity index (χ4n) is 0.656. The van der Waals surface area contributed by atoms with E-state index in [-0.39, 0.29) is 6.04 Å². The van der Waals surface area contributed by atoms with Gasteiger partial charge < -0.3 is 10.1 Å². The summed E-state index contributed by atoms with van der Waals surface area (Å²) in [7, 11) is 1.68. The Hall–Kier alpha value is -0.520. The van der Waals surface area contributed by atoms with E-state index in [0.717, 1.165) is 19.6 Å². The molecule has 0 spiro atoms. The lowest BCUT2D eigenvalue weighted by molar-refractivity contribution is 0.197. The number of rotatable bonds is 5. The first-order chi connectivity index (χ1) is 4.85. The van der Waals surface area contributed by atoms with Gasteiger partial charge in [0.15, 0.2) is 0 Å². The molecular formula is C8H15NO. The highest BCUT2D eigenvalue weighted by atomic mass is 16.5. The average Bonchev–Trinajstić information content (AvgIpc) is 1.99. The van der Waals surface area contributed by atoms with Crippen molar-refractivity contribution < 1.29 is 4.74 Å². The Balaban J connectivity index is 3.20. The van der Waals surface area contributed by atoms with Gasteiger partial charge in [-0.15, -0.1) is 6.42 Å². The smallest absolute Gasteiger partial charge is 0.0685 e. The van der Waals surface area contributed by atoms with Crippen LogP contribution in [0.3, 0.4) is 0 Å². The molecule has 0 amide bonds. The minimum atomic E-state index is 0.204. The summed E-state index contributed by atoms with van der Waals surface area (Å²) in [5.74, 6) is 2.64. The Bertz CT molecular complexity index is 106. The Morgan fingerprint density at radius 2 is 2.40 bits per heavy atom. The van der Waals surface area contributed by atoms with Crippen LogP contribution < -0.4 is 5.32 Å². The van der Waals surface area contributed by atoms with Gasteiger partial charge in [0.25, 0.3) is 0 Å². The number of terminal acetylenes is 1. The molecule has 0 saturated carbocycles. The summed E-state index contributed by atoms with van der Waals surface area (Å²) < 4.78 is 4.85. The third-order valence-electron chi connectivity index (χ3n) is 1.31. The normalized spacial score (nSPS) is 12.5. The van der Waals surface area contributed by atoms with Crippen LogP contribution in [0.5, 0.6) is 0 Å². The van der Waals surface area contributed by atoms with E-state index >= 15 is 0 Å². The molecule has 0 rings (SSSR count). The topological polar surface area (TPSA) is 21.3 Å². The van der Waals surface area contributed by atoms with Crippen LogP contribution in [-0.4, -0.2) is 26.3 Å². The first-order valence-electron chi connectivity index (χ1n) is 3.53. The van der Waals surface area contributed by atoms with E-state index in [1.54, 1.807) is 7.11 Å². The Morgan fingerprint density at radius 3 is 2.80 bits per heavy atom. The quantitative estimate of drug-likeness (QED) is 0.448. The van der Waals surface area contributed by atoms with Crippen LogP contribution in [0.25, 0.3) is 0 Å². The number of methoxy groups -OCH3 is 1. The summed E-state index contributed by atoms with van der Waals surface area (Å²) in [6.07, 6.45) is 6.18. The van der Waals surface area contributed by atoms with E-state index in [0.29, 0.717) is 0 Å². The van der Waals surface area contributed by atoms with Crippen LogP contribution in [0.4, 0.5) is 0 Å². The van der Waals surface area contributed by atoms with Crippen molar-refractivity contribution in [3.63, 3.8) is 0 Å². The highest BCUT2D eigenvalue weighted by molar-refractivity contribution is 4.97. The second-order valence-electron chi connectivity index (χ2n) is 2.07. The zero-order valence-electron chi connectivity index (χ0n) is 6.68. The maximum Gasteiger partial charge on any atom is 0.0685 e. The standard InChI is InChI=1S/C8H15NO/c1-4-8(5-2)9-6-7-10-3/h1,8-9H,5-7H2,2-3H3. The van der Waals surface area contributed by atoms with Crippen molar-refractivity contribution in [3.05, 3.63) is 0 Å². The molecule has 1 atom stereocenters. The highest BCUT2D eigenvalue weighted by Gasteiger charge is 1.97. The Kier molecular flexibility index (Phi) is 6.25. The summed E-state index contributed by atoms with van der Waals surface area (Å²) in [5, 5.41) is 3.16. The van der Waals surface area contributed by atoms with Crippen LogP contribution in [0.15, 0.2) is 0 Å². The largest absolute Gasteiger partial charge is 0.383 e. The molecule has 1 unspecified atom stereocenters. The molecule has 0 aromatic heterocycles. The molecule has 0 fully saturated rings. The zero-order chi connectivity index (χ0) is 7.82. The van der Waals surface area contributed by atoms with Crippen LogP contribution >= 0.6 is 0 Å². The fraction of sp³-hybridized carbons (Fsp3) is 0.750. The summed E-state index contributed by atoms with van der Waals surface area (Å²) in [6, 6.07) is 0.204. The summed E-state index contributed by atoms with van der Waals surface area (Å²) in [6.45, 7) is 3.61. The SMILES string of the molecule is C#CC(CC)NCCOC. The maximum absolute atomic E-state index is 5.21. The lowest BCUT2D eigenvalue weighted by atomic mass is 10.2. The second-order valence-corrected chi connectivity index (χ2v) is 2.07. The van der Waals surface area contributed by atoms with Crippen molar-refractivity contribution >= 4 is 0 Å². The van der Waals surface area contributed by atoms with Gasteiger partial charge in [-0.1, -0.05) is 12.8 Å². The van der Waals surface area contributed by atoms with E-state index in [4.69, 9.17) is 11.2 Å². The molecule has 2 heteroatoms. The van der Waals surface area contributed by atoms with Gasteiger partial charge in [-0.3, -0.25) is 0 Å². The molecule has 0 aliphatic rings. The van der Waals surface area contributed by atoms with Gasteiger partial charge in [0.05, 0.1) is 12.6 Å². The van der Waals surface area contributed by atoms with Gasteiger partial charge in [0.1, 0.15) is 0 Å². The van der Waals surface area contributed by atoms with Crippen LogP contribution in [0, 0.1) is 12.3 Å². The van der Waals surface area contributed by atoms with Gasteiger partial charge in [0, 0.05) is 13.7 Å². The second kappa shape index (κ2) is 6.60. The number of hydrogen-bond acceptors (Lipinski definition) is 2. The van der Waals surface area contributed by atoms with Gasteiger partial charge in [-0.25, -0.2) is 0 Å². The van der Waals surface area contributed by atoms with E-state index in [9.17, 15) is 0 Å². The molecule has 0 aromatic rings. The van der Waals surface area contributed by atoms with E-state index < -0.39 is 0 Å². The molecule has 0 aliphatic heterocycles. The van der Waals surface area contributed by atoms with Gasteiger partial charge in [-0.2, -0.15) is 0 Å². The molecule has 0 saturated heterocycles. The molecule has 1 N–H and O–H groups in total. The van der Waals surface area contributed by atoms with Gasteiger partial charge in [0.2, 0.25) is 0 Å². The van der Waals surface area contributed by atoms with Crippen LogP contribution in [0.2, 0.25) is 0 Å². The summed E-state index contributed by atoms with van der Waals surface area (Å²) in [4.78, 5) is 0. The lowest BCUT2D eigenvalue weighted by Gasteiger charge is -2.08. The minimum absolute atomic E-state index is 0.204. The summed E-state index contributed by atoms with van der Waals surface area (Å²) >= 11 is 0. The third-order valence-corrected chi connectivity index (χ3v) is 1.31. The minimum Gasteiger partial charge on any atom is -0.383 e. The molecule has 0 radical (unpaired) electrons. The monoisotopic (exact) mass is 141 g/mol. The summed E-state index contributed by atoms with van der Waals surface area (Å²) in [5.41, 5.74) is 0. The average molecular weight is 141 g/mol. The van der Waals surface area contributed by atoms with E-state index in [2.05, 4.69) is 18.2 Å². The van der Waals surface area contributed by atoms with Crippen molar-refractivity contribution in [3.8, 4) is 12.3 Å². The molecule has 0 bridgehead atoms. The molecule has 2 nitrogen and oxygen atoms in total. The number of nitrogens with one attached hydrogen (secondary N) is 1. The van der Waals surface area contributed by atoms with E-state index in [1.165, 1.54) is 0 Å². The molecular weight excluding hydrogens is 126 g/mol. The first kappa shape index (κ1) is 9.48. The molecule has 0 heterocycles. The van der Waals surface area contributed by atoms with E-state index in [1.807, 2.05) is 0 Å². The van der Waals surface area contributed by atoms with Gasteiger partial charge in [-0.05, 0) is 6.42 Å². The van der Waals surface area contributed by atoms with Crippen molar-refractivity contribution in [2.24, 2.45) is 0 Å². The Labute approximate surface area is 63.0 Å². The predicted molar refractivity (Wildman–Crippen MR) is 42.8 cm³/mol. The first-order valence-corrected chi connectivity index (χ1v) is 3.53. The Morgan fingerprint density at radius 1 is 1.70 bits per heavy atom. The van der Waals surface area contributed by atoms with Crippen molar-refractivity contribution in [1.82, 2.24) is 5.32 Å². The highest BCUT2D eigenvalue weighted by Crippen LogP contribution is 1.85. The van der Waals surface area contributed by atoms with Crippen molar-refractivity contribution in [1.29, 1.82) is 0 Å². The number of ether oxygens (including phenoxy) is 1. The maximum atomic E-state index is 5.21. The molecule has 58 valence electrons. The van der Waals surface area contributed by atoms with Crippen molar-refractivity contribution in [2.75, 3.05) is 20.3 Å². The predicted octanol–water partition coefficient (Wildman–Crippen LogP) is 0.634. The molecule has 0 aromatic carbocycles. The van der Waals surface area contributed by atoms with Crippen LogP contribution in [-0.2, 0) is 4.74 Å². The third kappa shape index (κ3) is 4.37. The number of hydrogen-bond donors (Lipinski definition) is 1. The molecule has 10 heavy (non-hydrogen) atoms.